The highest BCUT2D eigenvalue weighted by Crippen LogP contribution is 2.31. The SMILES string of the molecule is COC(=O)/C(=C(\C)O)N(/C(C(=O)OC)=C(/C)O)c1cccc([N+](=O)[O-])c1. The molecule has 0 bridgehead atoms. The summed E-state index contributed by atoms with van der Waals surface area (Å²) < 4.78 is 9.22. The Kier molecular flexibility index (Phi) is 6.71. The molecule has 0 aromatic heterocycles. The molecule has 2 N–H and O–H groups in total. The van der Waals surface area contributed by atoms with Gasteiger partial charge >= 0.3 is 11.9 Å². The third kappa shape index (κ3) is 4.29. The second-order valence-electron chi connectivity index (χ2n) is 4.96. The molecule has 0 atom stereocenters. The molecule has 0 unspecified atom stereocenters. The molecule has 140 valence electrons. The van der Waals surface area contributed by atoms with Crippen LogP contribution < -0.4 is 4.90 Å². The van der Waals surface area contributed by atoms with Gasteiger partial charge in [0, 0.05) is 12.1 Å². The summed E-state index contributed by atoms with van der Waals surface area (Å²) in [5.41, 5.74) is -1.45. The van der Waals surface area contributed by atoms with Gasteiger partial charge in [-0.2, -0.15) is 0 Å². The van der Waals surface area contributed by atoms with Crippen LogP contribution in [0.3, 0.4) is 0 Å². The van der Waals surface area contributed by atoms with Gasteiger partial charge in [-0.25, -0.2) is 9.59 Å². The summed E-state index contributed by atoms with van der Waals surface area (Å²) in [6.45, 7) is 2.30. The van der Waals surface area contributed by atoms with Gasteiger partial charge in [0.25, 0.3) is 5.69 Å². The summed E-state index contributed by atoms with van der Waals surface area (Å²) in [6.07, 6.45) is 0. The fraction of sp³-hybridized carbons (Fsp3) is 0.250. The van der Waals surface area contributed by atoms with Crippen LogP contribution in [0.25, 0.3) is 0 Å². The molecule has 0 aliphatic carbocycles. The number of allylic oxidation sites excluding steroid dienone is 2. The largest absolute Gasteiger partial charge is 0.510 e. The van der Waals surface area contributed by atoms with Crippen LogP contribution in [-0.2, 0) is 19.1 Å². The van der Waals surface area contributed by atoms with Crippen molar-refractivity contribution in [3.63, 3.8) is 0 Å². The Morgan fingerprint density at radius 1 is 1.04 bits per heavy atom. The number of carbonyl (C=O) groups is 2. The van der Waals surface area contributed by atoms with Crippen molar-refractivity contribution in [2.24, 2.45) is 0 Å². The van der Waals surface area contributed by atoms with E-state index in [1.165, 1.54) is 18.2 Å². The van der Waals surface area contributed by atoms with E-state index in [9.17, 15) is 29.9 Å². The minimum Gasteiger partial charge on any atom is -0.510 e. The number of rotatable bonds is 6. The van der Waals surface area contributed by atoms with Gasteiger partial charge in [-0.3, -0.25) is 15.0 Å². The Hall–Kier alpha value is -3.56. The van der Waals surface area contributed by atoms with Gasteiger partial charge < -0.3 is 19.7 Å². The van der Waals surface area contributed by atoms with E-state index >= 15 is 0 Å². The topological polar surface area (TPSA) is 139 Å². The quantitative estimate of drug-likeness (QED) is 0.255. The molecule has 1 aromatic rings. The fourth-order valence-electron chi connectivity index (χ4n) is 2.11. The number of hydrogen-bond acceptors (Lipinski definition) is 9. The second-order valence-corrected chi connectivity index (χ2v) is 4.96. The van der Waals surface area contributed by atoms with Crippen molar-refractivity contribution in [3.8, 4) is 0 Å². The molecule has 26 heavy (non-hydrogen) atoms. The van der Waals surface area contributed by atoms with Crippen LogP contribution in [0.2, 0.25) is 0 Å². The third-order valence-corrected chi connectivity index (χ3v) is 3.19. The number of ether oxygens (including phenoxy) is 2. The van der Waals surface area contributed by atoms with Crippen LogP contribution in [0.15, 0.2) is 47.2 Å². The molecule has 1 aromatic carbocycles. The number of hydrogen-bond donors (Lipinski definition) is 2. The smallest absolute Gasteiger partial charge is 0.358 e. The third-order valence-electron chi connectivity index (χ3n) is 3.19. The number of benzene rings is 1. The fourth-order valence-corrected chi connectivity index (χ4v) is 2.11. The Bertz CT molecular complexity index is 751. The maximum Gasteiger partial charge on any atom is 0.358 e. The van der Waals surface area contributed by atoms with Crippen molar-refractivity contribution in [1.29, 1.82) is 0 Å². The lowest BCUT2D eigenvalue weighted by atomic mass is 10.2. The van der Waals surface area contributed by atoms with Crippen LogP contribution >= 0.6 is 0 Å². The first-order valence-electron chi connectivity index (χ1n) is 7.16. The molecule has 0 heterocycles. The van der Waals surface area contributed by atoms with Crippen molar-refractivity contribution in [3.05, 3.63) is 57.3 Å². The summed E-state index contributed by atoms with van der Waals surface area (Å²) in [7, 11) is 2.09. The van der Waals surface area contributed by atoms with Gasteiger partial charge in [-0.1, -0.05) is 6.07 Å². The number of methoxy groups -OCH3 is 2. The van der Waals surface area contributed by atoms with Gasteiger partial charge in [0.1, 0.15) is 11.5 Å². The zero-order valence-electron chi connectivity index (χ0n) is 14.5. The number of carbonyl (C=O) groups excluding carboxylic acids is 2. The Morgan fingerprint density at radius 2 is 1.50 bits per heavy atom. The van der Waals surface area contributed by atoms with E-state index in [-0.39, 0.29) is 11.4 Å². The first kappa shape index (κ1) is 20.5. The van der Waals surface area contributed by atoms with E-state index in [0.29, 0.717) is 0 Å². The molecule has 0 saturated heterocycles. The molecule has 0 spiro atoms. The number of esters is 2. The molecule has 0 fully saturated rings. The van der Waals surface area contributed by atoms with E-state index in [4.69, 9.17) is 0 Å². The molecule has 0 radical (unpaired) electrons. The Balaban J connectivity index is 3.84. The molecule has 0 aliphatic heterocycles. The van der Waals surface area contributed by atoms with E-state index < -0.39 is 39.8 Å². The number of non-ortho nitro benzene ring substituents is 1. The average molecular weight is 366 g/mol. The summed E-state index contributed by atoms with van der Waals surface area (Å²) in [5, 5.41) is 31.0. The molecule has 0 saturated carbocycles. The van der Waals surface area contributed by atoms with Gasteiger partial charge in [0.05, 0.1) is 24.8 Å². The number of nitro benzene ring substituents is 1. The van der Waals surface area contributed by atoms with Crippen molar-refractivity contribution in [2.75, 3.05) is 19.1 Å². The van der Waals surface area contributed by atoms with Crippen LogP contribution in [0.1, 0.15) is 13.8 Å². The molecule has 0 amide bonds. The van der Waals surface area contributed by atoms with Crippen molar-refractivity contribution >= 4 is 23.3 Å². The zero-order valence-corrected chi connectivity index (χ0v) is 14.5. The highest BCUT2D eigenvalue weighted by molar-refractivity contribution is 6.02. The van der Waals surface area contributed by atoms with Crippen molar-refractivity contribution in [2.45, 2.75) is 13.8 Å². The van der Waals surface area contributed by atoms with Crippen molar-refractivity contribution < 1.29 is 34.2 Å². The Labute approximate surface area is 148 Å². The minimum atomic E-state index is -1.04. The number of nitrogens with zero attached hydrogens (tertiary/aromatic N) is 2. The van der Waals surface area contributed by atoms with Gasteiger partial charge in [-0.15, -0.1) is 0 Å². The van der Waals surface area contributed by atoms with E-state index in [2.05, 4.69) is 9.47 Å². The molecule has 1 rings (SSSR count). The van der Waals surface area contributed by atoms with Crippen LogP contribution in [0, 0.1) is 10.1 Å². The molecular formula is C16H18N2O8. The predicted octanol–water partition coefficient (Wildman–Crippen LogP) is 2.33. The van der Waals surface area contributed by atoms with E-state index in [1.54, 1.807) is 0 Å². The summed E-state index contributed by atoms with van der Waals surface area (Å²) in [4.78, 5) is 35.5. The van der Waals surface area contributed by atoms with E-state index in [0.717, 1.165) is 39.0 Å². The molecule has 10 heteroatoms. The molecular weight excluding hydrogens is 348 g/mol. The predicted molar refractivity (Wildman–Crippen MR) is 90.3 cm³/mol. The highest BCUT2D eigenvalue weighted by Gasteiger charge is 2.33. The minimum absolute atomic E-state index is 0.0539. The summed E-state index contributed by atoms with van der Waals surface area (Å²) in [6, 6.07) is 4.90. The van der Waals surface area contributed by atoms with E-state index in [1.807, 2.05) is 0 Å². The van der Waals surface area contributed by atoms with Gasteiger partial charge in [0.15, 0.2) is 11.4 Å². The number of aliphatic hydroxyl groups is 2. The highest BCUT2D eigenvalue weighted by atomic mass is 16.6. The summed E-state index contributed by atoms with van der Waals surface area (Å²) in [5.74, 6) is -3.18. The average Bonchev–Trinajstić information content (AvgIpc) is 2.59. The molecule has 0 aliphatic rings. The number of nitro groups is 1. The van der Waals surface area contributed by atoms with Gasteiger partial charge in [0.2, 0.25) is 0 Å². The van der Waals surface area contributed by atoms with Crippen LogP contribution in [-0.4, -0.2) is 41.3 Å². The summed E-state index contributed by atoms with van der Waals surface area (Å²) >= 11 is 0. The first-order chi connectivity index (χ1) is 12.1. The van der Waals surface area contributed by atoms with Crippen LogP contribution in [0.4, 0.5) is 11.4 Å². The van der Waals surface area contributed by atoms with Crippen LogP contribution in [0.5, 0.6) is 0 Å². The monoisotopic (exact) mass is 366 g/mol. The lowest BCUT2D eigenvalue weighted by Gasteiger charge is -2.27. The van der Waals surface area contributed by atoms with Gasteiger partial charge in [-0.05, 0) is 19.9 Å². The normalized spacial score (nSPS) is 12.5. The first-order valence-corrected chi connectivity index (χ1v) is 7.16. The molecule has 10 nitrogen and oxygen atoms in total. The second kappa shape index (κ2) is 8.51. The zero-order chi connectivity index (χ0) is 20.0. The number of anilines is 1. The number of aliphatic hydroxyl groups excluding tert-OH is 2. The lowest BCUT2D eigenvalue weighted by Crippen LogP contribution is -2.34. The Morgan fingerprint density at radius 3 is 1.85 bits per heavy atom. The van der Waals surface area contributed by atoms with Crippen molar-refractivity contribution in [1.82, 2.24) is 0 Å². The maximum absolute atomic E-state index is 12.2. The standard InChI is InChI=1S/C16H18N2O8/c1-9(19)13(15(21)25-3)17(14(10(2)20)16(22)26-4)11-6-5-7-12(8-11)18(23)24/h5-8,19-20H,1-4H3/b13-9-,14-10-. The maximum atomic E-state index is 12.2. The lowest BCUT2D eigenvalue weighted by molar-refractivity contribution is -0.384.